The molecule has 1 saturated heterocycles. The summed E-state index contributed by atoms with van der Waals surface area (Å²) in [5, 5.41) is 12.0. The van der Waals surface area contributed by atoms with Crippen molar-refractivity contribution in [2.45, 2.75) is 19.3 Å². The van der Waals surface area contributed by atoms with E-state index in [2.05, 4.69) is 21.2 Å². The van der Waals surface area contributed by atoms with Crippen molar-refractivity contribution < 1.29 is 23.8 Å². The zero-order chi connectivity index (χ0) is 16.8. The average molecular weight is 388 g/mol. The Morgan fingerprint density at radius 3 is 2.70 bits per heavy atom. The van der Waals surface area contributed by atoms with E-state index in [9.17, 15) is 19.1 Å². The summed E-state index contributed by atoms with van der Waals surface area (Å²) in [4.78, 5) is 23.4. The number of halogens is 2. The van der Waals surface area contributed by atoms with Crippen LogP contribution in [-0.4, -0.2) is 36.7 Å². The minimum absolute atomic E-state index is 0.00618. The average Bonchev–Trinajstić information content (AvgIpc) is 2.52. The van der Waals surface area contributed by atoms with Crippen molar-refractivity contribution in [1.29, 1.82) is 0 Å². The topological polar surface area (TPSA) is 75.6 Å². The Labute approximate surface area is 142 Å². The fraction of sp³-hybridized carbons (Fsp3) is 0.500. The number of amides is 1. The lowest BCUT2D eigenvalue weighted by atomic mass is 9.86. The molecule has 2 N–H and O–H groups in total. The molecule has 1 aromatic rings. The van der Waals surface area contributed by atoms with Gasteiger partial charge in [-0.05, 0) is 52.4 Å². The minimum Gasteiger partial charge on any atom is -0.481 e. The molecule has 2 rings (SSSR count). The van der Waals surface area contributed by atoms with E-state index in [0.29, 0.717) is 36.1 Å². The highest BCUT2D eigenvalue weighted by molar-refractivity contribution is 9.10. The zero-order valence-corrected chi connectivity index (χ0v) is 14.1. The van der Waals surface area contributed by atoms with Gasteiger partial charge in [0.15, 0.2) is 0 Å². The summed E-state index contributed by atoms with van der Waals surface area (Å²) in [6, 6.07) is 4.48. The first kappa shape index (κ1) is 17.9. The summed E-state index contributed by atoms with van der Waals surface area (Å²) in [7, 11) is 0. The van der Waals surface area contributed by atoms with Crippen molar-refractivity contribution in [2.75, 3.05) is 19.8 Å². The first-order valence-corrected chi connectivity index (χ1v) is 8.28. The van der Waals surface area contributed by atoms with E-state index in [1.54, 1.807) is 12.1 Å². The van der Waals surface area contributed by atoms with E-state index in [1.807, 2.05) is 0 Å². The number of hydrogen-bond acceptors (Lipinski definition) is 3. The standard InChI is InChI=1S/C16H19BrFNO4/c17-13-2-1-10(7-14(13)18)8-15(20)19-9-12(16(21)22)11-3-5-23-6-4-11/h1-2,7,11-12H,3-6,8-9H2,(H,19,20)(H,21,22). The molecule has 1 unspecified atom stereocenters. The molecule has 0 aliphatic carbocycles. The van der Waals surface area contributed by atoms with Crippen LogP contribution in [0.5, 0.6) is 0 Å². The SMILES string of the molecule is O=C(Cc1ccc(Br)c(F)c1)NCC(C(=O)O)C1CCOCC1. The number of rotatable bonds is 6. The molecule has 1 heterocycles. The molecule has 1 aliphatic rings. The van der Waals surface area contributed by atoms with Crippen molar-refractivity contribution in [2.24, 2.45) is 11.8 Å². The van der Waals surface area contributed by atoms with E-state index in [0.717, 1.165) is 0 Å². The fourth-order valence-corrected chi connectivity index (χ4v) is 2.94. The van der Waals surface area contributed by atoms with Crippen LogP contribution in [-0.2, 0) is 20.7 Å². The third-order valence-electron chi connectivity index (χ3n) is 4.02. The summed E-state index contributed by atoms with van der Waals surface area (Å²) < 4.78 is 19.0. The minimum atomic E-state index is -0.910. The molecule has 5 nitrogen and oxygen atoms in total. The number of hydrogen-bond donors (Lipinski definition) is 2. The van der Waals surface area contributed by atoms with Crippen LogP contribution in [0.1, 0.15) is 18.4 Å². The van der Waals surface area contributed by atoms with Crippen molar-refractivity contribution in [3.63, 3.8) is 0 Å². The van der Waals surface area contributed by atoms with Crippen LogP contribution < -0.4 is 5.32 Å². The number of carbonyl (C=O) groups is 2. The van der Waals surface area contributed by atoms with E-state index in [4.69, 9.17) is 4.74 Å². The van der Waals surface area contributed by atoms with Crippen LogP contribution in [0.15, 0.2) is 22.7 Å². The number of benzene rings is 1. The van der Waals surface area contributed by atoms with Gasteiger partial charge in [0.2, 0.25) is 5.91 Å². The molecular formula is C16H19BrFNO4. The maximum absolute atomic E-state index is 13.4. The molecule has 0 aromatic heterocycles. The van der Waals surface area contributed by atoms with Crippen molar-refractivity contribution >= 4 is 27.8 Å². The van der Waals surface area contributed by atoms with Crippen LogP contribution in [0.3, 0.4) is 0 Å². The Bertz CT molecular complexity index is 575. The number of carboxylic acids is 1. The van der Waals surface area contributed by atoms with Gasteiger partial charge in [-0.1, -0.05) is 6.07 Å². The summed E-state index contributed by atoms with van der Waals surface area (Å²) >= 11 is 3.05. The maximum atomic E-state index is 13.4. The molecule has 0 saturated carbocycles. The van der Waals surface area contributed by atoms with Crippen LogP contribution >= 0.6 is 15.9 Å². The smallest absolute Gasteiger partial charge is 0.308 e. The van der Waals surface area contributed by atoms with Gasteiger partial charge in [-0.15, -0.1) is 0 Å². The predicted molar refractivity (Wildman–Crippen MR) is 85.5 cm³/mol. The van der Waals surface area contributed by atoms with E-state index >= 15 is 0 Å². The van der Waals surface area contributed by atoms with Gasteiger partial charge in [-0.2, -0.15) is 0 Å². The third-order valence-corrected chi connectivity index (χ3v) is 4.66. The highest BCUT2D eigenvalue weighted by Crippen LogP contribution is 2.24. The number of nitrogens with one attached hydrogen (secondary N) is 1. The molecule has 0 spiro atoms. The lowest BCUT2D eigenvalue weighted by molar-refractivity contribution is -0.144. The molecule has 1 amide bonds. The third kappa shape index (κ3) is 5.28. The van der Waals surface area contributed by atoms with Gasteiger partial charge >= 0.3 is 5.97 Å². The van der Waals surface area contributed by atoms with Crippen molar-refractivity contribution in [1.82, 2.24) is 5.32 Å². The monoisotopic (exact) mass is 387 g/mol. The predicted octanol–water partition coefficient (Wildman–Crippen LogP) is 2.37. The second kappa shape index (κ2) is 8.40. The molecule has 1 fully saturated rings. The molecule has 1 aliphatic heterocycles. The second-order valence-electron chi connectivity index (χ2n) is 5.62. The quantitative estimate of drug-likeness (QED) is 0.785. The Balaban J connectivity index is 1.88. The molecule has 7 heteroatoms. The molecular weight excluding hydrogens is 369 g/mol. The largest absolute Gasteiger partial charge is 0.481 e. The van der Waals surface area contributed by atoms with Gasteiger partial charge in [0.05, 0.1) is 16.8 Å². The van der Waals surface area contributed by atoms with E-state index in [-0.39, 0.29) is 24.8 Å². The number of ether oxygens (including phenoxy) is 1. The van der Waals surface area contributed by atoms with Crippen LogP contribution in [0.4, 0.5) is 4.39 Å². The van der Waals surface area contributed by atoms with Crippen molar-refractivity contribution in [3.05, 3.63) is 34.1 Å². The molecule has 126 valence electrons. The lowest BCUT2D eigenvalue weighted by Crippen LogP contribution is -2.39. The van der Waals surface area contributed by atoms with Crippen molar-refractivity contribution in [3.8, 4) is 0 Å². The highest BCUT2D eigenvalue weighted by Gasteiger charge is 2.29. The van der Waals surface area contributed by atoms with E-state index < -0.39 is 17.7 Å². The van der Waals surface area contributed by atoms with Gasteiger partial charge in [0.1, 0.15) is 5.82 Å². The summed E-state index contributed by atoms with van der Waals surface area (Å²) in [5.41, 5.74) is 0.543. The Morgan fingerprint density at radius 2 is 2.09 bits per heavy atom. The number of carbonyl (C=O) groups excluding carboxylic acids is 1. The van der Waals surface area contributed by atoms with Crippen LogP contribution in [0.25, 0.3) is 0 Å². The number of carboxylic acid groups (broad SMARTS) is 1. The van der Waals surface area contributed by atoms with Crippen LogP contribution in [0.2, 0.25) is 0 Å². The lowest BCUT2D eigenvalue weighted by Gasteiger charge is -2.27. The molecule has 23 heavy (non-hydrogen) atoms. The van der Waals surface area contributed by atoms with Gasteiger partial charge in [-0.25, -0.2) is 4.39 Å². The highest BCUT2D eigenvalue weighted by atomic mass is 79.9. The fourth-order valence-electron chi connectivity index (χ4n) is 2.70. The molecule has 0 bridgehead atoms. The summed E-state index contributed by atoms with van der Waals surface area (Å²) in [6.07, 6.45) is 1.39. The van der Waals surface area contributed by atoms with E-state index in [1.165, 1.54) is 6.07 Å². The molecule has 1 atom stereocenters. The molecule has 1 aromatic carbocycles. The summed E-state index contributed by atoms with van der Waals surface area (Å²) in [5.74, 6) is -2.27. The summed E-state index contributed by atoms with van der Waals surface area (Å²) in [6.45, 7) is 1.19. The second-order valence-corrected chi connectivity index (χ2v) is 6.48. The van der Waals surface area contributed by atoms with Gasteiger partial charge in [0.25, 0.3) is 0 Å². The van der Waals surface area contributed by atoms with Gasteiger partial charge in [0, 0.05) is 19.8 Å². The van der Waals surface area contributed by atoms with Gasteiger partial charge in [-0.3, -0.25) is 9.59 Å². The van der Waals surface area contributed by atoms with Gasteiger partial charge < -0.3 is 15.2 Å². The number of aliphatic carboxylic acids is 1. The van der Waals surface area contributed by atoms with Crippen LogP contribution in [0, 0.1) is 17.7 Å². The first-order chi connectivity index (χ1) is 11.0. The normalized spacial score (nSPS) is 16.8. The maximum Gasteiger partial charge on any atom is 0.308 e. The molecule has 0 radical (unpaired) electrons. The first-order valence-electron chi connectivity index (χ1n) is 7.48. The zero-order valence-electron chi connectivity index (χ0n) is 12.6. The Kier molecular flexibility index (Phi) is 6.53. The Hall–Kier alpha value is -1.47. The Morgan fingerprint density at radius 1 is 1.39 bits per heavy atom.